The molecule has 2 N–H and O–H groups in total. The van der Waals surface area contributed by atoms with E-state index in [9.17, 15) is 0 Å². The first-order chi connectivity index (χ1) is 6.24. The molecule has 0 atom stereocenters. The standard InChI is InChI=1S/2C4H10.C2H7N.C2H6/c2*1-3-4-2;1-2-3;1-2/h2*3-4H2,1-2H3;2-3H2,1H3;1-2H3. The van der Waals surface area contributed by atoms with Crippen molar-refractivity contribution in [3.8, 4) is 0 Å². The molecule has 13 heavy (non-hydrogen) atoms. The molecule has 0 aromatic rings. The van der Waals surface area contributed by atoms with Crippen LogP contribution in [0.25, 0.3) is 0 Å². The highest BCUT2D eigenvalue weighted by Crippen LogP contribution is 1.77. The largest absolute Gasteiger partial charge is 0.331 e. The Kier molecular flexibility index (Phi) is 104. The van der Waals surface area contributed by atoms with Crippen molar-refractivity contribution in [1.82, 2.24) is 0 Å². The highest BCUT2D eigenvalue weighted by Gasteiger charge is 1.56. The molecule has 0 aromatic carbocycles. The van der Waals surface area contributed by atoms with Crippen molar-refractivity contribution in [2.75, 3.05) is 6.54 Å². The molecule has 0 bridgehead atoms. The van der Waals surface area contributed by atoms with Gasteiger partial charge in [0, 0.05) is 0 Å². The fraction of sp³-hybridized carbons (Fsp3) is 1.00. The second-order valence-corrected chi connectivity index (χ2v) is 2.41. The summed E-state index contributed by atoms with van der Waals surface area (Å²) in [5.74, 6) is 0. The van der Waals surface area contributed by atoms with E-state index in [2.05, 4.69) is 27.7 Å². The van der Waals surface area contributed by atoms with E-state index in [4.69, 9.17) is 5.73 Å². The zero-order valence-electron chi connectivity index (χ0n) is 11.1. The molecule has 0 amide bonds. The first-order valence-electron chi connectivity index (χ1n) is 5.94. The third-order valence-corrected chi connectivity index (χ3v) is 1.000. The van der Waals surface area contributed by atoms with Gasteiger partial charge in [-0.3, -0.25) is 0 Å². The maximum absolute atomic E-state index is 4.85. The van der Waals surface area contributed by atoms with Crippen molar-refractivity contribution in [1.29, 1.82) is 0 Å². The molecule has 0 heterocycles. The molecular weight excluding hydrogens is 158 g/mol. The van der Waals surface area contributed by atoms with Crippen LogP contribution in [0.5, 0.6) is 0 Å². The summed E-state index contributed by atoms with van der Waals surface area (Å²) >= 11 is 0. The summed E-state index contributed by atoms with van der Waals surface area (Å²) in [5, 5.41) is 0. The Balaban J connectivity index is -0.0000000431. The second kappa shape index (κ2) is 58.4. The molecule has 0 spiro atoms. The van der Waals surface area contributed by atoms with E-state index in [0.717, 1.165) is 6.54 Å². The summed E-state index contributed by atoms with van der Waals surface area (Å²) in [4.78, 5) is 0. The van der Waals surface area contributed by atoms with E-state index in [1.807, 2.05) is 20.8 Å². The molecule has 0 aliphatic rings. The average molecular weight is 191 g/mol. The normalized spacial score (nSPS) is 6.46. The molecule has 1 heteroatoms. The van der Waals surface area contributed by atoms with Gasteiger partial charge in [-0.05, 0) is 6.54 Å². The van der Waals surface area contributed by atoms with Gasteiger partial charge in [-0.1, -0.05) is 74.1 Å². The third kappa shape index (κ3) is 309. The molecule has 0 aliphatic carbocycles. The van der Waals surface area contributed by atoms with Crippen LogP contribution in [0.4, 0.5) is 0 Å². The van der Waals surface area contributed by atoms with E-state index >= 15 is 0 Å². The van der Waals surface area contributed by atoms with Gasteiger partial charge in [-0.25, -0.2) is 0 Å². The Morgan fingerprint density at radius 3 is 0.692 bits per heavy atom. The van der Waals surface area contributed by atoms with Crippen LogP contribution in [0.1, 0.15) is 74.1 Å². The number of hydrogen-bond donors (Lipinski definition) is 1. The minimum Gasteiger partial charge on any atom is -0.331 e. The van der Waals surface area contributed by atoms with Gasteiger partial charge in [0.2, 0.25) is 0 Å². The highest BCUT2D eigenvalue weighted by molar-refractivity contribution is 4.13. The summed E-state index contributed by atoms with van der Waals surface area (Å²) in [6, 6.07) is 0. The van der Waals surface area contributed by atoms with Gasteiger partial charge in [0.15, 0.2) is 0 Å². The van der Waals surface area contributed by atoms with E-state index in [-0.39, 0.29) is 0 Å². The van der Waals surface area contributed by atoms with E-state index in [1.54, 1.807) is 0 Å². The van der Waals surface area contributed by atoms with E-state index in [0.29, 0.717) is 0 Å². The molecule has 0 fully saturated rings. The molecule has 0 saturated carbocycles. The van der Waals surface area contributed by atoms with Crippen LogP contribution in [0, 0.1) is 0 Å². The highest BCUT2D eigenvalue weighted by atomic mass is 14.5. The maximum Gasteiger partial charge on any atom is -0.0106 e. The van der Waals surface area contributed by atoms with Gasteiger partial charge in [-0.2, -0.15) is 0 Å². The topological polar surface area (TPSA) is 26.0 Å². The van der Waals surface area contributed by atoms with Crippen molar-refractivity contribution in [3.05, 3.63) is 0 Å². The Labute approximate surface area is 87.1 Å². The minimum absolute atomic E-state index is 0.750. The third-order valence-electron chi connectivity index (χ3n) is 1.000. The van der Waals surface area contributed by atoms with Crippen LogP contribution < -0.4 is 5.73 Å². The zero-order valence-corrected chi connectivity index (χ0v) is 11.1. The maximum atomic E-state index is 4.85. The predicted octanol–water partition coefficient (Wildman–Crippen LogP) is 4.60. The molecule has 0 unspecified atom stereocenters. The van der Waals surface area contributed by atoms with Gasteiger partial charge < -0.3 is 5.73 Å². The van der Waals surface area contributed by atoms with Gasteiger partial charge in [0.05, 0.1) is 0 Å². The SMILES string of the molecule is CC.CCCC.CCCC.CCN. The molecule has 0 aliphatic heterocycles. The molecule has 0 aromatic heterocycles. The second-order valence-electron chi connectivity index (χ2n) is 2.41. The number of rotatable bonds is 2. The fourth-order valence-electron chi connectivity index (χ4n) is 0. The lowest BCUT2D eigenvalue weighted by atomic mass is 10.4. The van der Waals surface area contributed by atoms with Gasteiger partial charge in [0.25, 0.3) is 0 Å². The monoisotopic (exact) mass is 191 g/mol. The van der Waals surface area contributed by atoms with Crippen molar-refractivity contribution >= 4 is 0 Å². The Morgan fingerprint density at radius 1 is 0.615 bits per heavy atom. The van der Waals surface area contributed by atoms with Crippen molar-refractivity contribution < 1.29 is 0 Å². The Morgan fingerprint density at radius 2 is 0.692 bits per heavy atom. The van der Waals surface area contributed by atoms with Gasteiger partial charge >= 0.3 is 0 Å². The van der Waals surface area contributed by atoms with Crippen molar-refractivity contribution in [2.45, 2.75) is 74.1 Å². The van der Waals surface area contributed by atoms with Crippen molar-refractivity contribution in [3.63, 3.8) is 0 Å². The minimum atomic E-state index is 0.750. The van der Waals surface area contributed by atoms with Crippen molar-refractivity contribution in [2.24, 2.45) is 5.73 Å². The zero-order chi connectivity index (χ0) is 11.5. The van der Waals surface area contributed by atoms with E-state index < -0.39 is 0 Å². The first-order valence-corrected chi connectivity index (χ1v) is 5.94. The number of hydrogen-bond acceptors (Lipinski definition) is 1. The van der Waals surface area contributed by atoms with Crippen LogP contribution in [0.15, 0.2) is 0 Å². The molecule has 1 nitrogen and oxygen atoms in total. The summed E-state index contributed by atoms with van der Waals surface area (Å²) < 4.78 is 0. The van der Waals surface area contributed by atoms with Gasteiger partial charge in [0.1, 0.15) is 0 Å². The fourth-order valence-corrected chi connectivity index (χ4v) is 0. The molecule has 0 radical (unpaired) electrons. The molecule has 0 saturated heterocycles. The van der Waals surface area contributed by atoms with Crippen LogP contribution in [0.3, 0.4) is 0 Å². The summed E-state index contributed by atoms with van der Waals surface area (Å²) in [6.45, 7) is 15.4. The predicted molar refractivity (Wildman–Crippen MR) is 67.2 cm³/mol. The summed E-state index contributed by atoms with van der Waals surface area (Å²) in [6.07, 6.45) is 5.28. The molecule has 86 valence electrons. The summed E-state index contributed by atoms with van der Waals surface area (Å²) in [7, 11) is 0. The Hall–Kier alpha value is -0.0400. The average Bonchev–Trinajstić information content (AvgIpc) is 2.22. The first kappa shape index (κ1) is 23.1. The number of unbranched alkanes of at least 4 members (excludes halogenated alkanes) is 2. The van der Waals surface area contributed by atoms with Crippen LogP contribution in [0.2, 0.25) is 0 Å². The number of nitrogens with two attached hydrogens (primary N) is 1. The van der Waals surface area contributed by atoms with Crippen LogP contribution in [-0.4, -0.2) is 6.54 Å². The molecule has 0 rings (SSSR count). The lowest BCUT2D eigenvalue weighted by Crippen LogP contribution is -1.87. The lowest BCUT2D eigenvalue weighted by molar-refractivity contribution is 0.886. The molecular formula is C12H33N. The Bertz CT molecular complexity index is 20.3. The van der Waals surface area contributed by atoms with Gasteiger partial charge in [-0.15, -0.1) is 0 Å². The smallest absolute Gasteiger partial charge is 0.0106 e. The van der Waals surface area contributed by atoms with Crippen LogP contribution in [-0.2, 0) is 0 Å². The van der Waals surface area contributed by atoms with E-state index in [1.165, 1.54) is 25.7 Å². The van der Waals surface area contributed by atoms with Crippen LogP contribution >= 0.6 is 0 Å². The quantitative estimate of drug-likeness (QED) is 0.678. The summed E-state index contributed by atoms with van der Waals surface area (Å²) in [5.41, 5.74) is 4.85. The lowest BCUT2D eigenvalue weighted by Gasteiger charge is -1.68.